The zero-order chi connectivity index (χ0) is 19.5. The Hall–Kier alpha value is -2.60. The van der Waals surface area contributed by atoms with Crippen molar-refractivity contribution in [1.82, 2.24) is 19.7 Å². The maximum atomic E-state index is 5.94. The topological polar surface area (TPSA) is 56.7 Å². The fourth-order valence-electron chi connectivity index (χ4n) is 3.05. The van der Waals surface area contributed by atoms with Crippen LogP contribution < -0.4 is 0 Å². The van der Waals surface area contributed by atoms with E-state index >= 15 is 0 Å². The van der Waals surface area contributed by atoms with Crippen molar-refractivity contribution < 1.29 is 4.42 Å². The van der Waals surface area contributed by atoms with Gasteiger partial charge in [0, 0.05) is 12.1 Å². The van der Waals surface area contributed by atoms with Gasteiger partial charge in [0.2, 0.25) is 11.8 Å². The molecule has 0 aliphatic carbocycles. The van der Waals surface area contributed by atoms with E-state index in [4.69, 9.17) is 9.40 Å². The van der Waals surface area contributed by atoms with Crippen LogP contribution in [0.2, 0.25) is 0 Å². The summed E-state index contributed by atoms with van der Waals surface area (Å²) in [5.74, 6) is 1.81. The van der Waals surface area contributed by atoms with Crippen molar-refractivity contribution in [2.24, 2.45) is 5.92 Å². The smallest absolute Gasteiger partial charge is 0.247 e. The molecule has 2 aromatic heterocycles. The highest BCUT2D eigenvalue weighted by atomic mass is 32.2. The quantitative estimate of drug-likeness (QED) is 0.362. The lowest BCUT2D eigenvalue weighted by Crippen LogP contribution is -2.04. The van der Waals surface area contributed by atoms with Gasteiger partial charge in [0.1, 0.15) is 0 Å². The third-order valence-corrected chi connectivity index (χ3v) is 5.72. The zero-order valence-corrected chi connectivity index (χ0v) is 17.2. The first kappa shape index (κ1) is 18.7. The number of benzene rings is 2. The largest absolute Gasteiger partial charge is 0.419 e. The number of aryl methyl sites for hydroxylation is 1. The lowest BCUT2D eigenvalue weighted by atomic mass is 10.1. The van der Waals surface area contributed by atoms with E-state index in [0.717, 1.165) is 29.2 Å². The number of hydrogen-bond donors (Lipinski definition) is 0. The Kier molecular flexibility index (Phi) is 5.48. The van der Waals surface area contributed by atoms with Crippen molar-refractivity contribution in [2.75, 3.05) is 0 Å². The molecule has 6 heteroatoms. The molecular formula is C22H24N4OS. The third kappa shape index (κ3) is 3.97. The average molecular weight is 393 g/mol. The number of rotatable bonds is 7. The summed E-state index contributed by atoms with van der Waals surface area (Å²) in [5.41, 5.74) is 3.13. The first-order valence-corrected chi connectivity index (χ1v) is 10.5. The second-order valence-electron chi connectivity index (χ2n) is 7.29. The molecule has 4 rings (SSSR count). The highest BCUT2D eigenvalue weighted by Crippen LogP contribution is 2.36. The number of imidazole rings is 1. The van der Waals surface area contributed by atoms with Crippen LogP contribution in [-0.4, -0.2) is 19.7 Å². The summed E-state index contributed by atoms with van der Waals surface area (Å²) in [4.78, 5) is 4.86. The van der Waals surface area contributed by atoms with E-state index in [1.165, 1.54) is 5.52 Å². The van der Waals surface area contributed by atoms with Gasteiger partial charge in [-0.2, -0.15) is 0 Å². The second kappa shape index (κ2) is 8.19. The SMILES string of the molecule is CC(C)CCn1c(S[C@@H](C)c2nnc(-c3ccccc3)o2)nc2ccccc21. The Balaban J connectivity index is 1.59. The van der Waals surface area contributed by atoms with Crippen molar-refractivity contribution in [1.29, 1.82) is 0 Å². The number of thioether (sulfide) groups is 1. The van der Waals surface area contributed by atoms with Gasteiger partial charge in [-0.1, -0.05) is 55.9 Å². The van der Waals surface area contributed by atoms with E-state index in [-0.39, 0.29) is 5.25 Å². The fourth-order valence-corrected chi connectivity index (χ4v) is 4.03. The van der Waals surface area contributed by atoms with Gasteiger partial charge < -0.3 is 8.98 Å². The Morgan fingerprint density at radius 2 is 1.71 bits per heavy atom. The molecule has 2 aromatic carbocycles. The van der Waals surface area contributed by atoms with Crippen LogP contribution in [0.1, 0.15) is 38.3 Å². The van der Waals surface area contributed by atoms with Crippen molar-refractivity contribution in [3.8, 4) is 11.5 Å². The monoisotopic (exact) mass is 392 g/mol. The Labute approximate surface area is 169 Å². The summed E-state index contributed by atoms with van der Waals surface area (Å²) in [5, 5.41) is 9.50. The molecule has 0 N–H and O–H groups in total. The summed E-state index contributed by atoms with van der Waals surface area (Å²) in [6.45, 7) is 7.53. The average Bonchev–Trinajstić information content (AvgIpc) is 3.32. The molecule has 0 saturated carbocycles. The highest BCUT2D eigenvalue weighted by molar-refractivity contribution is 7.99. The van der Waals surface area contributed by atoms with Crippen LogP contribution in [-0.2, 0) is 6.54 Å². The van der Waals surface area contributed by atoms with Gasteiger partial charge in [-0.25, -0.2) is 4.98 Å². The van der Waals surface area contributed by atoms with Gasteiger partial charge in [-0.15, -0.1) is 10.2 Å². The second-order valence-corrected chi connectivity index (χ2v) is 8.60. The lowest BCUT2D eigenvalue weighted by Gasteiger charge is -2.12. The van der Waals surface area contributed by atoms with Gasteiger partial charge in [0.15, 0.2) is 5.16 Å². The molecule has 0 fully saturated rings. The molecule has 0 aliphatic rings. The number of aromatic nitrogens is 4. The van der Waals surface area contributed by atoms with Crippen LogP contribution >= 0.6 is 11.8 Å². The molecule has 0 unspecified atom stereocenters. The number of para-hydroxylation sites is 2. The molecule has 0 saturated heterocycles. The highest BCUT2D eigenvalue weighted by Gasteiger charge is 2.20. The van der Waals surface area contributed by atoms with Gasteiger partial charge in [0.05, 0.1) is 16.3 Å². The normalized spacial score (nSPS) is 12.7. The zero-order valence-electron chi connectivity index (χ0n) is 16.4. The van der Waals surface area contributed by atoms with E-state index in [1.54, 1.807) is 11.8 Å². The van der Waals surface area contributed by atoms with E-state index in [2.05, 4.69) is 53.7 Å². The number of hydrogen-bond acceptors (Lipinski definition) is 5. The third-order valence-electron chi connectivity index (χ3n) is 4.64. The predicted molar refractivity (Wildman–Crippen MR) is 113 cm³/mol. The standard InChI is InChI=1S/C22H24N4OS/c1-15(2)13-14-26-19-12-8-7-11-18(19)23-22(26)28-16(3)20-24-25-21(27-20)17-9-5-4-6-10-17/h4-12,15-16H,13-14H2,1-3H3/t16-/m0/s1. The van der Waals surface area contributed by atoms with Crippen LogP contribution in [0.4, 0.5) is 0 Å². The van der Waals surface area contributed by atoms with Crippen LogP contribution in [0.3, 0.4) is 0 Å². The first-order chi connectivity index (χ1) is 13.6. The maximum Gasteiger partial charge on any atom is 0.247 e. The summed E-state index contributed by atoms with van der Waals surface area (Å²) in [7, 11) is 0. The molecule has 0 aliphatic heterocycles. The summed E-state index contributed by atoms with van der Waals surface area (Å²) >= 11 is 1.66. The molecule has 4 aromatic rings. The summed E-state index contributed by atoms with van der Waals surface area (Å²) in [6, 6.07) is 18.2. The van der Waals surface area contributed by atoms with Gasteiger partial charge in [-0.05, 0) is 43.5 Å². The Morgan fingerprint density at radius 3 is 2.50 bits per heavy atom. The van der Waals surface area contributed by atoms with Gasteiger partial charge in [-0.3, -0.25) is 0 Å². The van der Waals surface area contributed by atoms with E-state index in [9.17, 15) is 0 Å². The molecule has 0 amide bonds. The predicted octanol–water partition coefficient (Wildman–Crippen LogP) is 5.99. The van der Waals surface area contributed by atoms with E-state index < -0.39 is 0 Å². The fraction of sp³-hybridized carbons (Fsp3) is 0.318. The van der Waals surface area contributed by atoms with E-state index in [0.29, 0.717) is 17.7 Å². The molecule has 0 radical (unpaired) electrons. The molecule has 144 valence electrons. The van der Waals surface area contributed by atoms with E-state index in [1.807, 2.05) is 36.4 Å². The van der Waals surface area contributed by atoms with Crippen LogP contribution in [0.25, 0.3) is 22.5 Å². The number of fused-ring (bicyclic) bond motifs is 1. The van der Waals surface area contributed by atoms with Crippen LogP contribution in [0.5, 0.6) is 0 Å². The molecule has 2 heterocycles. The molecule has 28 heavy (non-hydrogen) atoms. The Bertz CT molecular complexity index is 1050. The Morgan fingerprint density at radius 1 is 0.964 bits per heavy atom. The minimum absolute atomic E-state index is 0.0135. The van der Waals surface area contributed by atoms with Crippen LogP contribution in [0, 0.1) is 5.92 Å². The summed E-state index contributed by atoms with van der Waals surface area (Å²) < 4.78 is 8.25. The number of nitrogens with zero attached hydrogens (tertiary/aromatic N) is 4. The van der Waals surface area contributed by atoms with Crippen molar-refractivity contribution in [2.45, 2.75) is 44.1 Å². The first-order valence-electron chi connectivity index (χ1n) is 9.62. The summed E-state index contributed by atoms with van der Waals surface area (Å²) in [6.07, 6.45) is 1.11. The molecule has 5 nitrogen and oxygen atoms in total. The van der Waals surface area contributed by atoms with Crippen molar-refractivity contribution in [3.63, 3.8) is 0 Å². The minimum Gasteiger partial charge on any atom is -0.419 e. The molecular weight excluding hydrogens is 368 g/mol. The van der Waals surface area contributed by atoms with Crippen molar-refractivity contribution in [3.05, 3.63) is 60.5 Å². The van der Waals surface area contributed by atoms with Gasteiger partial charge >= 0.3 is 0 Å². The molecule has 0 spiro atoms. The molecule has 1 atom stereocenters. The lowest BCUT2D eigenvalue weighted by molar-refractivity contribution is 0.499. The minimum atomic E-state index is 0.0135. The maximum absolute atomic E-state index is 5.94. The van der Waals surface area contributed by atoms with Gasteiger partial charge in [0.25, 0.3) is 0 Å². The van der Waals surface area contributed by atoms with Crippen molar-refractivity contribution >= 4 is 22.8 Å². The van der Waals surface area contributed by atoms with Crippen LogP contribution in [0.15, 0.2) is 64.2 Å². The molecule has 0 bridgehead atoms.